The summed E-state index contributed by atoms with van der Waals surface area (Å²) >= 11 is 5.99. The Hall–Kier alpha value is -1.65. The van der Waals surface area contributed by atoms with Gasteiger partial charge < -0.3 is 10.5 Å². The molecule has 0 radical (unpaired) electrons. The Morgan fingerprint density at radius 2 is 1.79 bits per heavy atom. The van der Waals surface area contributed by atoms with Crippen molar-refractivity contribution in [2.75, 3.05) is 0 Å². The van der Waals surface area contributed by atoms with E-state index in [1.807, 2.05) is 0 Å². The average molecular weight is 284 g/mol. The molecular formula is C14H12ClF2NO. The van der Waals surface area contributed by atoms with Crippen LogP contribution in [0.1, 0.15) is 11.1 Å². The first-order valence-electron chi connectivity index (χ1n) is 5.66. The first kappa shape index (κ1) is 13.8. The smallest absolute Gasteiger partial charge is 0.138 e. The van der Waals surface area contributed by atoms with Gasteiger partial charge in [0.25, 0.3) is 0 Å². The molecule has 0 heterocycles. The third-order valence-electron chi connectivity index (χ3n) is 2.67. The summed E-state index contributed by atoms with van der Waals surface area (Å²) < 4.78 is 32.1. The second-order valence-corrected chi connectivity index (χ2v) is 4.36. The fourth-order valence-corrected chi connectivity index (χ4v) is 1.87. The Morgan fingerprint density at radius 3 is 2.37 bits per heavy atom. The molecule has 2 N–H and O–H groups in total. The molecule has 0 saturated heterocycles. The van der Waals surface area contributed by atoms with E-state index in [0.29, 0.717) is 17.3 Å². The van der Waals surface area contributed by atoms with Crippen molar-refractivity contribution in [1.82, 2.24) is 0 Å². The second-order valence-electron chi connectivity index (χ2n) is 3.96. The van der Waals surface area contributed by atoms with Crippen LogP contribution in [0, 0.1) is 11.6 Å². The molecule has 0 amide bonds. The Balaban J connectivity index is 2.15. The maximum atomic E-state index is 13.4. The largest absolute Gasteiger partial charge is 0.487 e. The number of benzene rings is 2. The quantitative estimate of drug-likeness (QED) is 0.929. The Labute approximate surface area is 114 Å². The first-order chi connectivity index (χ1) is 9.11. The highest BCUT2D eigenvalue weighted by Gasteiger charge is 2.10. The van der Waals surface area contributed by atoms with E-state index in [-0.39, 0.29) is 12.2 Å². The first-order valence-corrected chi connectivity index (χ1v) is 6.04. The van der Waals surface area contributed by atoms with Gasteiger partial charge in [-0.25, -0.2) is 8.78 Å². The van der Waals surface area contributed by atoms with E-state index in [4.69, 9.17) is 22.1 Å². The summed E-state index contributed by atoms with van der Waals surface area (Å²) in [7, 11) is 0. The second kappa shape index (κ2) is 5.99. The third kappa shape index (κ3) is 3.22. The molecule has 0 fully saturated rings. The summed E-state index contributed by atoms with van der Waals surface area (Å²) in [6.07, 6.45) is 0. The van der Waals surface area contributed by atoms with Crippen LogP contribution in [0.4, 0.5) is 8.78 Å². The number of nitrogens with two attached hydrogens (primary N) is 1. The minimum atomic E-state index is -0.644. The monoisotopic (exact) mass is 283 g/mol. The van der Waals surface area contributed by atoms with Gasteiger partial charge in [0.15, 0.2) is 0 Å². The topological polar surface area (TPSA) is 35.2 Å². The van der Waals surface area contributed by atoms with Crippen LogP contribution in [0.5, 0.6) is 5.75 Å². The van der Waals surface area contributed by atoms with E-state index in [0.717, 1.165) is 5.56 Å². The number of ether oxygens (including phenoxy) is 1. The fraction of sp³-hybridized carbons (Fsp3) is 0.143. The van der Waals surface area contributed by atoms with Crippen LogP contribution in [0.2, 0.25) is 5.02 Å². The molecule has 0 aromatic heterocycles. The molecule has 19 heavy (non-hydrogen) atoms. The van der Waals surface area contributed by atoms with Crippen LogP contribution in [-0.4, -0.2) is 0 Å². The summed E-state index contributed by atoms with van der Waals surface area (Å²) in [4.78, 5) is 0. The normalized spacial score (nSPS) is 10.5. The van der Waals surface area contributed by atoms with E-state index >= 15 is 0 Å². The minimum Gasteiger partial charge on any atom is -0.487 e. The molecule has 0 unspecified atom stereocenters. The molecule has 2 nitrogen and oxygen atoms in total. The SMILES string of the molecule is NCc1ccc(OCc2c(F)cccc2F)c(Cl)c1. The molecule has 0 aliphatic carbocycles. The molecule has 5 heteroatoms. The fourth-order valence-electron chi connectivity index (χ4n) is 1.61. The summed E-state index contributed by atoms with van der Waals surface area (Å²) in [5.41, 5.74) is 6.21. The zero-order valence-corrected chi connectivity index (χ0v) is 10.8. The van der Waals surface area contributed by atoms with Gasteiger partial charge in [-0.05, 0) is 29.8 Å². The molecule has 2 rings (SSSR count). The van der Waals surface area contributed by atoms with Gasteiger partial charge in [0.05, 0.1) is 10.6 Å². The number of halogens is 3. The van der Waals surface area contributed by atoms with Gasteiger partial charge in [0.1, 0.15) is 24.0 Å². The third-order valence-corrected chi connectivity index (χ3v) is 2.96. The van der Waals surface area contributed by atoms with Gasteiger partial charge in [0.2, 0.25) is 0 Å². The summed E-state index contributed by atoms with van der Waals surface area (Å²) in [6.45, 7) is 0.141. The van der Waals surface area contributed by atoms with Crippen molar-refractivity contribution in [2.24, 2.45) is 5.73 Å². The zero-order valence-electron chi connectivity index (χ0n) is 10.00. The Bertz CT molecular complexity index is 569. The van der Waals surface area contributed by atoms with Crippen molar-refractivity contribution in [3.63, 3.8) is 0 Å². The molecule has 2 aromatic rings. The highest BCUT2D eigenvalue weighted by Crippen LogP contribution is 2.26. The number of rotatable bonds is 4. The van der Waals surface area contributed by atoms with Gasteiger partial charge in [-0.3, -0.25) is 0 Å². The van der Waals surface area contributed by atoms with E-state index in [1.54, 1.807) is 18.2 Å². The molecule has 0 atom stereocenters. The van der Waals surface area contributed by atoms with E-state index in [1.165, 1.54) is 18.2 Å². The van der Waals surface area contributed by atoms with Gasteiger partial charge in [-0.1, -0.05) is 23.7 Å². The van der Waals surface area contributed by atoms with Gasteiger partial charge in [0, 0.05) is 6.54 Å². The maximum Gasteiger partial charge on any atom is 0.138 e. The summed E-state index contributed by atoms with van der Waals surface area (Å²) in [5, 5.41) is 0.361. The molecule has 0 saturated carbocycles. The molecule has 100 valence electrons. The zero-order chi connectivity index (χ0) is 13.8. The van der Waals surface area contributed by atoms with Crippen LogP contribution in [0.3, 0.4) is 0 Å². The van der Waals surface area contributed by atoms with Gasteiger partial charge in [-0.2, -0.15) is 0 Å². The molecule has 0 bridgehead atoms. The molecule has 2 aromatic carbocycles. The number of hydrogen-bond donors (Lipinski definition) is 1. The highest BCUT2D eigenvalue weighted by molar-refractivity contribution is 6.32. The predicted molar refractivity (Wildman–Crippen MR) is 70.0 cm³/mol. The lowest BCUT2D eigenvalue weighted by Gasteiger charge is -2.10. The van der Waals surface area contributed by atoms with Crippen molar-refractivity contribution in [3.05, 3.63) is 64.2 Å². The highest BCUT2D eigenvalue weighted by atomic mass is 35.5. The minimum absolute atomic E-state index is 0.124. The van der Waals surface area contributed by atoms with Crippen LogP contribution >= 0.6 is 11.6 Å². The van der Waals surface area contributed by atoms with Crippen molar-refractivity contribution < 1.29 is 13.5 Å². The van der Waals surface area contributed by atoms with E-state index in [9.17, 15) is 8.78 Å². The predicted octanol–water partition coefficient (Wildman–Crippen LogP) is 3.66. The van der Waals surface area contributed by atoms with Gasteiger partial charge in [-0.15, -0.1) is 0 Å². The lowest BCUT2D eigenvalue weighted by Crippen LogP contribution is -2.02. The molecule has 0 aliphatic rings. The van der Waals surface area contributed by atoms with Crippen LogP contribution in [0.25, 0.3) is 0 Å². The lowest BCUT2D eigenvalue weighted by molar-refractivity contribution is 0.292. The number of hydrogen-bond acceptors (Lipinski definition) is 2. The summed E-state index contributed by atoms with van der Waals surface area (Å²) in [6, 6.07) is 8.70. The average Bonchev–Trinajstić information content (AvgIpc) is 2.39. The van der Waals surface area contributed by atoms with E-state index < -0.39 is 11.6 Å². The lowest BCUT2D eigenvalue weighted by atomic mass is 10.2. The molecular weight excluding hydrogens is 272 g/mol. The Kier molecular flexibility index (Phi) is 4.35. The van der Waals surface area contributed by atoms with Crippen molar-refractivity contribution in [3.8, 4) is 5.75 Å². The standard InChI is InChI=1S/C14H12ClF2NO/c15-11-6-9(7-18)4-5-14(11)19-8-10-12(16)2-1-3-13(10)17/h1-6H,7-8,18H2. The van der Waals surface area contributed by atoms with Crippen molar-refractivity contribution in [1.29, 1.82) is 0 Å². The maximum absolute atomic E-state index is 13.4. The van der Waals surface area contributed by atoms with Crippen LogP contribution in [0.15, 0.2) is 36.4 Å². The van der Waals surface area contributed by atoms with Crippen molar-refractivity contribution in [2.45, 2.75) is 13.2 Å². The van der Waals surface area contributed by atoms with Gasteiger partial charge >= 0.3 is 0 Å². The van der Waals surface area contributed by atoms with Crippen LogP contribution < -0.4 is 10.5 Å². The van der Waals surface area contributed by atoms with Crippen molar-refractivity contribution >= 4 is 11.6 Å². The van der Waals surface area contributed by atoms with E-state index in [2.05, 4.69) is 0 Å². The Morgan fingerprint density at radius 1 is 1.11 bits per heavy atom. The summed E-state index contributed by atoms with van der Waals surface area (Å²) in [5.74, 6) is -0.925. The molecule has 0 aliphatic heterocycles. The molecule has 0 spiro atoms. The van der Waals surface area contributed by atoms with Crippen LogP contribution in [-0.2, 0) is 13.2 Å².